The Morgan fingerprint density at radius 1 is 1.10 bits per heavy atom. The number of hydrogen-bond donors (Lipinski definition) is 1. The van der Waals surface area contributed by atoms with Crippen molar-refractivity contribution in [2.45, 2.75) is 19.7 Å². The van der Waals surface area contributed by atoms with Gasteiger partial charge in [-0.25, -0.2) is 4.68 Å². The first-order chi connectivity index (χ1) is 14.0. The molecule has 2 aromatic carbocycles. The van der Waals surface area contributed by atoms with E-state index >= 15 is 0 Å². The number of halogens is 3. The van der Waals surface area contributed by atoms with Crippen molar-refractivity contribution < 1.29 is 9.47 Å². The Kier molecular flexibility index (Phi) is 7.19. The average molecular weight is 455 g/mol. The van der Waals surface area contributed by atoms with Gasteiger partial charge in [0.15, 0.2) is 11.5 Å². The Morgan fingerprint density at radius 2 is 1.90 bits per heavy atom. The lowest BCUT2D eigenvalue weighted by Crippen LogP contribution is -2.08. The number of methoxy groups -OCH3 is 1. The Balaban J connectivity index is 1.72. The van der Waals surface area contributed by atoms with E-state index < -0.39 is 0 Å². The van der Waals surface area contributed by atoms with Gasteiger partial charge < -0.3 is 14.8 Å². The first kappa shape index (κ1) is 21.2. The third-order valence-corrected chi connectivity index (χ3v) is 4.96. The second-order valence-corrected chi connectivity index (χ2v) is 7.19. The number of benzene rings is 2. The van der Waals surface area contributed by atoms with Crippen LogP contribution in [0.4, 0.5) is 5.95 Å². The Morgan fingerprint density at radius 3 is 2.62 bits per heavy atom. The van der Waals surface area contributed by atoms with Gasteiger partial charge in [-0.3, -0.25) is 0 Å². The van der Waals surface area contributed by atoms with E-state index in [9.17, 15) is 0 Å². The zero-order valence-electron chi connectivity index (χ0n) is 15.5. The number of anilines is 1. The van der Waals surface area contributed by atoms with Crippen LogP contribution in [-0.2, 0) is 19.7 Å². The molecule has 29 heavy (non-hydrogen) atoms. The number of allylic oxidation sites excluding steroid dienone is 1. The maximum absolute atomic E-state index is 6.44. The molecule has 0 saturated carbocycles. The number of nitrogens with zero attached hydrogens (tertiary/aromatic N) is 4. The summed E-state index contributed by atoms with van der Waals surface area (Å²) in [7, 11) is 1.56. The monoisotopic (exact) mass is 453 g/mol. The number of ether oxygens (including phenoxy) is 2. The van der Waals surface area contributed by atoms with Crippen molar-refractivity contribution >= 4 is 40.8 Å². The molecule has 1 heterocycles. The highest BCUT2D eigenvalue weighted by Crippen LogP contribution is 2.37. The molecule has 152 valence electrons. The maximum atomic E-state index is 6.44. The highest BCUT2D eigenvalue weighted by Gasteiger charge is 2.14. The molecule has 3 rings (SSSR count). The Hall–Kier alpha value is -2.48. The molecule has 0 saturated heterocycles. The number of hydrogen-bond acceptors (Lipinski definition) is 6. The molecule has 3 aromatic rings. The number of tetrazole rings is 1. The fourth-order valence-electron chi connectivity index (χ4n) is 2.56. The van der Waals surface area contributed by atoms with Crippen LogP contribution in [-0.4, -0.2) is 27.3 Å². The predicted octanol–water partition coefficient (Wildman–Crippen LogP) is 5.02. The third kappa shape index (κ3) is 5.32. The molecule has 0 aliphatic carbocycles. The minimum atomic E-state index is 0.265. The fourth-order valence-corrected chi connectivity index (χ4v) is 3.17. The summed E-state index contributed by atoms with van der Waals surface area (Å²) in [4.78, 5) is 0. The number of nitrogens with one attached hydrogen (secondary N) is 1. The van der Waals surface area contributed by atoms with Crippen LogP contribution in [0.1, 0.15) is 11.1 Å². The summed E-state index contributed by atoms with van der Waals surface area (Å²) in [5, 5.41) is 16.0. The first-order valence-corrected chi connectivity index (χ1v) is 9.69. The van der Waals surface area contributed by atoms with E-state index in [1.54, 1.807) is 36.1 Å². The second kappa shape index (κ2) is 9.82. The molecule has 0 aliphatic rings. The van der Waals surface area contributed by atoms with Crippen molar-refractivity contribution in [1.29, 1.82) is 0 Å². The molecule has 0 aliphatic heterocycles. The van der Waals surface area contributed by atoms with E-state index in [2.05, 4.69) is 27.4 Å². The maximum Gasteiger partial charge on any atom is 0.243 e. The standard InChI is InChI=1S/C19H18Cl3N5O2/c1-3-6-27-19(24-25-26-27)23-10-13-8-16(22)18(17(9-13)28-2)29-11-12-4-5-14(20)15(21)7-12/h3-5,7-9H,1,6,10-11H2,2H3,(H,23,24,26). The second-order valence-electron chi connectivity index (χ2n) is 5.97. The van der Waals surface area contributed by atoms with Gasteiger partial charge in [0, 0.05) is 6.54 Å². The van der Waals surface area contributed by atoms with Gasteiger partial charge in [-0.1, -0.05) is 52.0 Å². The summed E-state index contributed by atoms with van der Waals surface area (Å²) in [6, 6.07) is 8.93. The summed E-state index contributed by atoms with van der Waals surface area (Å²) < 4.78 is 12.9. The lowest BCUT2D eigenvalue weighted by Gasteiger charge is -2.15. The van der Waals surface area contributed by atoms with Gasteiger partial charge >= 0.3 is 0 Å². The highest BCUT2D eigenvalue weighted by atomic mass is 35.5. The van der Waals surface area contributed by atoms with E-state index in [1.807, 2.05) is 12.1 Å². The molecule has 7 nitrogen and oxygen atoms in total. The lowest BCUT2D eigenvalue weighted by molar-refractivity contribution is 0.284. The topological polar surface area (TPSA) is 74.1 Å². The van der Waals surface area contributed by atoms with Gasteiger partial charge in [0.05, 0.1) is 28.7 Å². The predicted molar refractivity (Wildman–Crippen MR) is 114 cm³/mol. The van der Waals surface area contributed by atoms with Gasteiger partial charge in [-0.05, 0) is 45.8 Å². The van der Waals surface area contributed by atoms with Crippen LogP contribution in [0.2, 0.25) is 15.1 Å². The molecule has 10 heteroatoms. The molecule has 0 atom stereocenters. The van der Waals surface area contributed by atoms with Crippen LogP contribution < -0.4 is 14.8 Å². The summed E-state index contributed by atoms with van der Waals surface area (Å²) >= 11 is 18.4. The van der Waals surface area contributed by atoms with Crippen LogP contribution in [0.25, 0.3) is 0 Å². The van der Waals surface area contributed by atoms with Crippen LogP contribution in [0.15, 0.2) is 43.0 Å². The number of aromatic nitrogens is 4. The SMILES string of the molecule is C=CCn1nnnc1NCc1cc(Cl)c(OCc2ccc(Cl)c(Cl)c2)c(OC)c1. The van der Waals surface area contributed by atoms with Crippen LogP contribution in [0.3, 0.4) is 0 Å². The Bertz CT molecular complexity index is 1010. The molecule has 0 amide bonds. The molecule has 0 spiro atoms. The molecular formula is C19H18Cl3N5O2. The van der Waals surface area contributed by atoms with Crippen molar-refractivity contribution in [2.24, 2.45) is 0 Å². The van der Waals surface area contributed by atoms with Crippen molar-refractivity contribution in [1.82, 2.24) is 20.2 Å². The molecule has 0 unspecified atom stereocenters. The zero-order chi connectivity index (χ0) is 20.8. The first-order valence-electron chi connectivity index (χ1n) is 8.56. The van der Waals surface area contributed by atoms with Crippen molar-refractivity contribution in [2.75, 3.05) is 12.4 Å². The molecule has 1 aromatic heterocycles. The van der Waals surface area contributed by atoms with Gasteiger partial charge in [0.1, 0.15) is 6.61 Å². The van der Waals surface area contributed by atoms with E-state index in [4.69, 9.17) is 44.3 Å². The average Bonchev–Trinajstić information content (AvgIpc) is 3.15. The summed E-state index contributed by atoms with van der Waals surface area (Å²) in [5.41, 5.74) is 1.74. The van der Waals surface area contributed by atoms with E-state index in [0.29, 0.717) is 45.6 Å². The van der Waals surface area contributed by atoms with Gasteiger partial charge in [0.2, 0.25) is 5.95 Å². The Labute approximate surface area is 183 Å². The molecule has 0 bridgehead atoms. The van der Waals surface area contributed by atoms with Gasteiger partial charge in [0.25, 0.3) is 0 Å². The van der Waals surface area contributed by atoms with Crippen LogP contribution >= 0.6 is 34.8 Å². The fraction of sp³-hybridized carbons (Fsp3) is 0.211. The minimum absolute atomic E-state index is 0.265. The van der Waals surface area contributed by atoms with Gasteiger partial charge in [-0.2, -0.15) is 0 Å². The van der Waals surface area contributed by atoms with E-state index in [-0.39, 0.29) is 6.61 Å². The summed E-state index contributed by atoms with van der Waals surface area (Å²) in [6.07, 6.45) is 1.71. The smallest absolute Gasteiger partial charge is 0.243 e. The van der Waals surface area contributed by atoms with Crippen LogP contribution in [0, 0.1) is 0 Å². The number of rotatable bonds is 9. The molecule has 1 N–H and O–H groups in total. The van der Waals surface area contributed by atoms with E-state index in [1.165, 1.54) is 0 Å². The quantitative estimate of drug-likeness (QED) is 0.458. The summed E-state index contributed by atoms with van der Waals surface area (Å²) in [6.45, 7) is 4.89. The largest absolute Gasteiger partial charge is 0.493 e. The zero-order valence-corrected chi connectivity index (χ0v) is 17.8. The molecule has 0 radical (unpaired) electrons. The van der Waals surface area contributed by atoms with Crippen molar-refractivity contribution in [3.05, 3.63) is 69.2 Å². The van der Waals surface area contributed by atoms with E-state index in [0.717, 1.165) is 11.1 Å². The summed E-state index contributed by atoms with van der Waals surface area (Å²) in [5.74, 6) is 1.49. The minimum Gasteiger partial charge on any atom is -0.493 e. The van der Waals surface area contributed by atoms with Crippen molar-refractivity contribution in [3.63, 3.8) is 0 Å². The lowest BCUT2D eigenvalue weighted by atomic mass is 10.2. The third-order valence-electron chi connectivity index (χ3n) is 3.94. The highest BCUT2D eigenvalue weighted by molar-refractivity contribution is 6.42. The molecular weight excluding hydrogens is 437 g/mol. The van der Waals surface area contributed by atoms with Gasteiger partial charge in [-0.15, -0.1) is 6.58 Å². The van der Waals surface area contributed by atoms with Crippen LogP contribution in [0.5, 0.6) is 11.5 Å². The normalized spacial score (nSPS) is 10.6. The van der Waals surface area contributed by atoms with Crippen molar-refractivity contribution in [3.8, 4) is 11.5 Å². The molecule has 0 fully saturated rings.